The van der Waals surface area contributed by atoms with E-state index in [9.17, 15) is 9.18 Å². The van der Waals surface area contributed by atoms with E-state index in [1.165, 1.54) is 30.6 Å². The van der Waals surface area contributed by atoms with Crippen molar-refractivity contribution in [2.24, 2.45) is 0 Å². The van der Waals surface area contributed by atoms with Crippen LogP contribution in [-0.2, 0) is 0 Å². The van der Waals surface area contributed by atoms with Crippen LogP contribution in [0.2, 0.25) is 5.02 Å². The molecule has 120 valence electrons. The van der Waals surface area contributed by atoms with Gasteiger partial charge in [-0.15, -0.1) is 0 Å². The zero-order chi connectivity index (χ0) is 16.2. The third kappa shape index (κ3) is 3.76. The predicted octanol–water partition coefficient (Wildman–Crippen LogP) is 2.95. The molecule has 1 fully saturated rings. The average molecular weight is 336 g/mol. The highest BCUT2D eigenvalue weighted by Gasteiger charge is 2.27. The largest absolute Gasteiger partial charge is 0.470 e. The summed E-state index contributed by atoms with van der Waals surface area (Å²) in [7, 11) is 0. The molecular weight excluding hydrogens is 321 g/mol. The van der Waals surface area contributed by atoms with E-state index in [-0.39, 0.29) is 17.9 Å². The number of carbonyl (C=O) groups is 1. The molecule has 0 N–H and O–H groups in total. The summed E-state index contributed by atoms with van der Waals surface area (Å²) in [4.78, 5) is 22.1. The monoisotopic (exact) mass is 335 g/mol. The minimum atomic E-state index is -0.507. The molecule has 0 spiro atoms. The first-order chi connectivity index (χ1) is 11.1. The normalized spacial score (nSPS) is 17.8. The van der Waals surface area contributed by atoms with Crippen LogP contribution in [0.3, 0.4) is 0 Å². The van der Waals surface area contributed by atoms with Crippen LogP contribution < -0.4 is 4.74 Å². The van der Waals surface area contributed by atoms with E-state index >= 15 is 0 Å². The molecule has 1 aliphatic heterocycles. The standard InChI is InChI=1S/C16H15ClFN3O2/c17-11-5-7-19-14(9-11)16(22)21-8-2-3-12(10-21)23-15-13(18)4-1-6-20-15/h1,4-7,9,12H,2-3,8,10H2/t12-/m0/s1. The van der Waals surface area contributed by atoms with Crippen LogP contribution in [0.4, 0.5) is 4.39 Å². The van der Waals surface area contributed by atoms with Gasteiger partial charge < -0.3 is 9.64 Å². The maximum absolute atomic E-state index is 13.6. The molecule has 3 heterocycles. The third-order valence-electron chi connectivity index (χ3n) is 3.61. The summed E-state index contributed by atoms with van der Waals surface area (Å²) < 4.78 is 19.2. The maximum atomic E-state index is 13.6. The second kappa shape index (κ2) is 6.91. The van der Waals surface area contributed by atoms with Crippen LogP contribution in [-0.4, -0.2) is 40.0 Å². The van der Waals surface area contributed by atoms with Crippen LogP contribution >= 0.6 is 11.6 Å². The van der Waals surface area contributed by atoms with Crippen molar-refractivity contribution in [3.05, 3.63) is 53.2 Å². The van der Waals surface area contributed by atoms with Gasteiger partial charge in [-0.25, -0.2) is 9.37 Å². The van der Waals surface area contributed by atoms with Gasteiger partial charge in [-0.3, -0.25) is 9.78 Å². The highest BCUT2D eigenvalue weighted by atomic mass is 35.5. The van der Waals surface area contributed by atoms with Crippen molar-refractivity contribution in [3.63, 3.8) is 0 Å². The number of piperidine rings is 1. The fourth-order valence-electron chi connectivity index (χ4n) is 2.52. The summed E-state index contributed by atoms with van der Waals surface area (Å²) in [5.74, 6) is -0.748. The Hall–Kier alpha value is -2.21. The second-order valence-electron chi connectivity index (χ2n) is 5.28. The van der Waals surface area contributed by atoms with Crippen molar-refractivity contribution in [2.75, 3.05) is 13.1 Å². The second-order valence-corrected chi connectivity index (χ2v) is 5.72. The highest BCUT2D eigenvalue weighted by Crippen LogP contribution is 2.20. The first-order valence-electron chi connectivity index (χ1n) is 7.31. The van der Waals surface area contributed by atoms with Crippen molar-refractivity contribution < 1.29 is 13.9 Å². The number of aromatic nitrogens is 2. The van der Waals surface area contributed by atoms with Gasteiger partial charge >= 0.3 is 0 Å². The first kappa shape index (κ1) is 15.7. The Morgan fingerprint density at radius 2 is 2.22 bits per heavy atom. The molecule has 0 unspecified atom stereocenters. The Kier molecular flexibility index (Phi) is 4.71. The van der Waals surface area contributed by atoms with Crippen molar-refractivity contribution in [1.82, 2.24) is 14.9 Å². The molecule has 5 nitrogen and oxygen atoms in total. The fraction of sp³-hybridized carbons (Fsp3) is 0.312. The van der Waals surface area contributed by atoms with Crippen LogP contribution in [0.15, 0.2) is 36.7 Å². The van der Waals surface area contributed by atoms with E-state index in [1.54, 1.807) is 11.0 Å². The lowest BCUT2D eigenvalue weighted by Crippen LogP contribution is -2.44. The minimum Gasteiger partial charge on any atom is -0.470 e. The topological polar surface area (TPSA) is 55.3 Å². The van der Waals surface area contributed by atoms with Crippen LogP contribution in [0.5, 0.6) is 5.88 Å². The first-order valence-corrected chi connectivity index (χ1v) is 7.69. The molecule has 0 radical (unpaired) electrons. The molecule has 23 heavy (non-hydrogen) atoms. The Morgan fingerprint density at radius 1 is 1.35 bits per heavy atom. The van der Waals surface area contributed by atoms with E-state index in [2.05, 4.69) is 9.97 Å². The molecule has 0 bridgehead atoms. The summed E-state index contributed by atoms with van der Waals surface area (Å²) in [5.41, 5.74) is 0.294. The lowest BCUT2D eigenvalue weighted by atomic mass is 10.1. The number of hydrogen-bond acceptors (Lipinski definition) is 4. The molecule has 7 heteroatoms. The van der Waals surface area contributed by atoms with Gasteiger partial charge in [-0.1, -0.05) is 11.6 Å². The van der Waals surface area contributed by atoms with Gasteiger partial charge in [0.25, 0.3) is 11.8 Å². The Balaban J connectivity index is 1.68. The SMILES string of the molecule is O=C(c1cc(Cl)ccn1)N1CCC[C@H](Oc2ncccc2F)C1. The van der Waals surface area contributed by atoms with E-state index in [1.807, 2.05) is 0 Å². The molecule has 3 rings (SSSR count). The van der Waals surface area contributed by atoms with Gasteiger partial charge in [0.2, 0.25) is 0 Å². The zero-order valence-corrected chi connectivity index (χ0v) is 13.0. The fourth-order valence-corrected chi connectivity index (χ4v) is 2.68. The number of nitrogens with zero attached hydrogens (tertiary/aromatic N) is 3. The average Bonchev–Trinajstić information content (AvgIpc) is 2.56. The third-order valence-corrected chi connectivity index (χ3v) is 3.84. The Labute approximate surface area is 138 Å². The van der Waals surface area contributed by atoms with Crippen LogP contribution in [0, 0.1) is 5.82 Å². The number of carbonyl (C=O) groups excluding carboxylic acids is 1. The minimum absolute atomic E-state index is 0.0346. The smallest absolute Gasteiger partial charge is 0.272 e. The molecule has 1 atom stereocenters. The number of rotatable bonds is 3. The molecule has 1 aliphatic rings. The van der Waals surface area contributed by atoms with E-state index in [4.69, 9.17) is 16.3 Å². The summed E-state index contributed by atoms with van der Waals surface area (Å²) in [6, 6.07) is 5.95. The molecule has 2 aromatic heterocycles. The summed E-state index contributed by atoms with van der Waals surface area (Å²) in [6.07, 6.45) is 4.18. The Morgan fingerprint density at radius 3 is 3.00 bits per heavy atom. The number of ether oxygens (including phenoxy) is 1. The van der Waals surface area contributed by atoms with Crippen molar-refractivity contribution in [2.45, 2.75) is 18.9 Å². The van der Waals surface area contributed by atoms with Gasteiger partial charge in [-0.05, 0) is 37.1 Å². The number of likely N-dealkylation sites (tertiary alicyclic amines) is 1. The van der Waals surface area contributed by atoms with Gasteiger partial charge in [-0.2, -0.15) is 0 Å². The molecule has 2 aromatic rings. The van der Waals surface area contributed by atoms with Gasteiger partial charge in [0.05, 0.1) is 6.54 Å². The molecule has 0 aliphatic carbocycles. The van der Waals surface area contributed by atoms with Gasteiger partial charge in [0, 0.05) is 24.0 Å². The van der Waals surface area contributed by atoms with Gasteiger partial charge in [0.1, 0.15) is 11.8 Å². The lowest BCUT2D eigenvalue weighted by Gasteiger charge is -2.32. The number of halogens is 2. The molecular formula is C16H15ClFN3O2. The van der Waals surface area contributed by atoms with E-state index < -0.39 is 5.82 Å². The Bertz CT molecular complexity index is 713. The number of hydrogen-bond donors (Lipinski definition) is 0. The summed E-state index contributed by atoms with van der Waals surface area (Å²) in [5, 5.41) is 0.462. The number of pyridine rings is 2. The van der Waals surface area contributed by atoms with Crippen molar-refractivity contribution in [3.8, 4) is 5.88 Å². The summed E-state index contributed by atoms with van der Waals surface area (Å²) >= 11 is 5.90. The van der Waals surface area contributed by atoms with E-state index in [0.29, 0.717) is 23.8 Å². The van der Waals surface area contributed by atoms with E-state index in [0.717, 1.165) is 12.8 Å². The number of amides is 1. The molecule has 1 amide bonds. The quantitative estimate of drug-likeness (QED) is 0.865. The van der Waals surface area contributed by atoms with Crippen LogP contribution in [0.25, 0.3) is 0 Å². The van der Waals surface area contributed by atoms with Crippen molar-refractivity contribution >= 4 is 17.5 Å². The predicted molar refractivity (Wildman–Crippen MR) is 83.0 cm³/mol. The van der Waals surface area contributed by atoms with Gasteiger partial charge in [0.15, 0.2) is 5.82 Å². The summed E-state index contributed by atoms with van der Waals surface area (Å²) in [6.45, 7) is 0.973. The molecule has 0 aromatic carbocycles. The van der Waals surface area contributed by atoms with Crippen molar-refractivity contribution in [1.29, 1.82) is 0 Å². The lowest BCUT2D eigenvalue weighted by molar-refractivity contribution is 0.0513. The van der Waals surface area contributed by atoms with Crippen LogP contribution in [0.1, 0.15) is 23.3 Å². The zero-order valence-electron chi connectivity index (χ0n) is 12.3. The molecule has 0 saturated carbocycles. The highest BCUT2D eigenvalue weighted by molar-refractivity contribution is 6.30. The maximum Gasteiger partial charge on any atom is 0.272 e. The molecule has 1 saturated heterocycles.